The van der Waals surface area contributed by atoms with Crippen molar-refractivity contribution in [2.24, 2.45) is 0 Å². The van der Waals surface area contributed by atoms with Crippen LogP contribution in [-0.4, -0.2) is 43.0 Å². The fraction of sp³-hybridized carbons (Fsp3) is 0.300. The molecule has 0 saturated carbocycles. The third-order valence-corrected chi connectivity index (χ3v) is 5.34. The van der Waals surface area contributed by atoms with E-state index in [1.807, 2.05) is 11.8 Å². The highest BCUT2D eigenvalue weighted by Gasteiger charge is 2.16. The number of hydrogen-bond acceptors (Lipinski definition) is 5. The first-order chi connectivity index (χ1) is 13.1. The van der Waals surface area contributed by atoms with Gasteiger partial charge in [-0.15, -0.1) is 12.4 Å². The first-order valence-electron chi connectivity index (χ1n) is 8.80. The maximum atomic E-state index is 12.3. The molecule has 3 rings (SSSR count). The predicted octanol–water partition coefficient (Wildman–Crippen LogP) is 3.40. The molecule has 0 radical (unpaired) electrons. The number of halogens is 1. The van der Waals surface area contributed by atoms with Gasteiger partial charge < -0.3 is 20.7 Å². The number of carbonyl (C=O) groups is 2. The van der Waals surface area contributed by atoms with Crippen molar-refractivity contribution in [3.8, 4) is 5.75 Å². The van der Waals surface area contributed by atoms with Gasteiger partial charge in [0, 0.05) is 47.5 Å². The molecule has 0 aromatic heterocycles. The van der Waals surface area contributed by atoms with Crippen LogP contribution < -0.4 is 20.7 Å². The van der Waals surface area contributed by atoms with Crippen molar-refractivity contribution in [1.82, 2.24) is 5.32 Å². The molecule has 0 spiro atoms. The average Bonchev–Trinajstić information content (AvgIpc) is 2.70. The summed E-state index contributed by atoms with van der Waals surface area (Å²) in [5.74, 6) is 2.55. The lowest BCUT2D eigenvalue weighted by molar-refractivity contribution is -0.116. The molecular weight excluding hydrogens is 398 g/mol. The molecule has 1 fully saturated rings. The second-order valence-electron chi connectivity index (χ2n) is 6.24. The third kappa shape index (κ3) is 6.44. The molecule has 8 heteroatoms. The van der Waals surface area contributed by atoms with Crippen molar-refractivity contribution in [2.75, 3.05) is 35.8 Å². The highest BCUT2D eigenvalue weighted by molar-refractivity contribution is 7.99. The Morgan fingerprint density at radius 1 is 1.07 bits per heavy atom. The Kier molecular flexibility index (Phi) is 8.63. The van der Waals surface area contributed by atoms with Gasteiger partial charge in [0.15, 0.2) is 0 Å². The van der Waals surface area contributed by atoms with E-state index in [1.54, 1.807) is 55.6 Å². The van der Waals surface area contributed by atoms with E-state index >= 15 is 0 Å². The monoisotopic (exact) mass is 421 g/mol. The summed E-state index contributed by atoms with van der Waals surface area (Å²) in [6, 6.07) is 14.2. The summed E-state index contributed by atoms with van der Waals surface area (Å²) >= 11 is 1.87. The number of rotatable bonds is 6. The molecule has 150 valence electrons. The summed E-state index contributed by atoms with van der Waals surface area (Å²) in [7, 11) is 1.60. The molecule has 2 aromatic rings. The quantitative estimate of drug-likeness (QED) is 0.666. The summed E-state index contributed by atoms with van der Waals surface area (Å²) < 4.78 is 5.10. The van der Waals surface area contributed by atoms with Gasteiger partial charge >= 0.3 is 0 Å². The van der Waals surface area contributed by atoms with Gasteiger partial charge in [0.25, 0.3) is 5.91 Å². The van der Waals surface area contributed by atoms with E-state index in [1.165, 1.54) is 0 Å². The Bertz CT molecular complexity index is 778. The molecule has 3 N–H and O–H groups in total. The van der Waals surface area contributed by atoms with E-state index in [-0.39, 0.29) is 30.3 Å². The molecule has 2 aromatic carbocycles. The van der Waals surface area contributed by atoms with Crippen LogP contribution in [0.25, 0.3) is 0 Å². The zero-order chi connectivity index (χ0) is 19.1. The number of benzene rings is 2. The van der Waals surface area contributed by atoms with E-state index in [0.717, 1.165) is 23.8 Å². The average molecular weight is 422 g/mol. The van der Waals surface area contributed by atoms with Crippen molar-refractivity contribution in [2.45, 2.75) is 12.5 Å². The fourth-order valence-electron chi connectivity index (χ4n) is 2.77. The molecule has 6 nitrogen and oxygen atoms in total. The van der Waals surface area contributed by atoms with Crippen molar-refractivity contribution < 1.29 is 14.3 Å². The topological polar surface area (TPSA) is 79.5 Å². The number of amides is 2. The molecule has 1 aliphatic heterocycles. The van der Waals surface area contributed by atoms with Crippen LogP contribution >= 0.6 is 24.2 Å². The van der Waals surface area contributed by atoms with Crippen LogP contribution in [0, 0.1) is 0 Å². The molecule has 1 unspecified atom stereocenters. The Labute approximate surface area is 175 Å². The molecule has 0 aliphatic carbocycles. The van der Waals surface area contributed by atoms with Gasteiger partial charge in [0.05, 0.1) is 7.11 Å². The largest absolute Gasteiger partial charge is 0.497 e. The van der Waals surface area contributed by atoms with Crippen LogP contribution in [0.15, 0.2) is 48.5 Å². The Hall–Kier alpha value is -2.22. The standard InChI is InChI=1S/C20H23N3O3S.ClH/c1-26-18-8-6-16(7-9-18)23-20(25)14-2-4-15(5-3-14)22-19(24)12-17-13-27-11-10-21-17;/h2-9,17,21H,10-13H2,1H3,(H,22,24)(H,23,25);1H. The van der Waals surface area contributed by atoms with Gasteiger partial charge in [-0.25, -0.2) is 0 Å². The number of ether oxygens (including phenoxy) is 1. The lowest BCUT2D eigenvalue weighted by Crippen LogP contribution is -2.39. The van der Waals surface area contributed by atoms with E-state index in [4.69, 9.17) is 4.74 Å². The number of hydrogen-bond donors (Lipinski definition) is 3. The molecule has 1 aliphatic rings. The maximum Gasteiger partial charge on any atom is 0.255 e. The van der Waals surface area contributed by atoms with Gasteiger partial charge in [-0.3, -0.25) is 9.59 Å². The van der Waals surface area contributed by atoms with Crippen molar-refractivity contribution in [3.05, 3.63) is 54.1 Å². The highest BCUT2D eigenvalue weighted by Crippen LogP contribution is 2.17. The van der Waals surface area contributed by atoms with E-state index in [9.17, 15) is 9.59 Å². The molecule has 1 saturated heterocycles. The number of anilines is 2. The highest BCUT2D eigenvalue weighted by atomic mass is 35.5. The zero-order valence-corrected chi connectivity index (χ0v) is 17.2. The van der Waals surface area contributed by atoms with Crippen molar-refractivity contribution in [3.63, 3.8) is 0 Å². The minimum atomic E-state index is -0.207. The minimum absolute atomic E-state index is 0. The fourth-order valence-corrected chi connectivity index (χ4v) is 3.72. The zero-order valence-electron chi connectivity index (χ0n) is 15.6. The molecule has 2 amide bonds. The number of methoxy groups -OCH3 is 1. The van der Waals surface area contributed by atoms with Crippen LogP contribution in [0.3, 0.4) is 0 Å². The lowest BCUT2D eigenvalue weighted by Gasteiger charge is -2.22. The SMILES string of the molecule is COc1ccc(NC(=O)c2ccc(NC(=O)CC3CSCCN3)cc2)cc1.Cl. The van der Waals surface area contributed by atoms with Gasteiger partial charge in [-0.05, 0) is 48.5 Å². The van der Waals surface area contributed by atoms with Crippen LogP contribution in [0.2, 0.25) is 0 Å². The molecule has 1 atom stereocenters. The van der Waals surface area contributed by atoms with Crippen LogP contribution in [-0.2, 0) is 4.79 Å². The second kappa shape index (κ2) is 10.9. The smallest absolute Gasteiger partial charge is 0.255 e. The number of thioether (sulfide) groups is 1. The molecule has 0 bridgehead atoms. The van der Waals surface area contributed by atoms with Gasteiger partial charge in [-0.1, -0.05) is 0 Å². The molecular formula is C20H24ClN3O3S. The van der Waals surface area contributed by atoms with E-state index in [0.29, 0.717) is 23.4 Å². The number of nitrogens with one attached hydrogen (secondary N) is 3. The summed E-state index contributed by atoms with van der Waals surface area (Å²) in [5, 5.41) is 9.06. The van der Waals surface area contributed by atoms with E-state index in [2.05, 4.69) is 16.0 Å². The van der Waals surface area contributed by atoms with Gasteiger partial charge in [0.2, 0.25) is 5.91 Å². The van der Waals surface area contributed by atoms with Crippen LogP contribution in [0.5, 0.6) is 5.75 Å². The summed E-state index contributed by atoms with van der Waals surface area (Å²) in [6.07, 6.45) is 0.451. The maximum absolute atomic E-state index is 12.3. The lowest BCUT2D eigenvalue weighted by atomic mass is 10.1. The molecule has 28 heavy (non-hydrogen) atoms. The summed E-state index contributed by atoms with van der Waals surface area (Å²) in [6.45, 7) is 0.945. The van der Waals surface area contributed by atoms with E-state index < -0.39 is 0 Å². The van der Waals surface area contributed by atoms with Gasteiger partial charge in [0.1, 0.15) is 5.75 Å². The normalized spacial score (nSPS) is 15.8. The van der Waals surface area contributed by atoms with Gasteiger partial charge in [-0.2, -0.15) is 11.8 Å². The first-order valence-corrected chi connectivity index (χ1v) is 9.96. The third-order valence-electron chi connectivity index (χ3n) is 4.21. The Morgan fingerprint density at radius 2 is 1.71 bits per heavy atom. The first kappa shape index (κ1) is 22.1. The van der Waals surface area contributed by atoms with Crippen LogP contribution in [0.4, 0.5) is 11.4 Å². The minimum Gasteiger partial charge on any atom is -0.497 e. The molecule has 1 heterocycles. The van der Waals surface area contributed by atoms with Crippen molar-refractivity contribution in [1.29, 1.82) is 0 Å². The van der Waals surface area contributed by atoms with Crippen LogP contribution in [0.1, 0.15) is 16.8 Å². The summed E-state index contributed by atoms with van der Waals surface area (Å²) in [4.78, 5) is 24.5. The van der Waals surface area contributed by atoms with Crippen molar-refractivity contribution >= 4 is 47.4 Å². The summed E-state index contributed by atoms with van der Waals surface area (Å²) in [5.41, 5.74) is 1.90. The number of carbonyl (C=O) groups excluding carboxylic acids is 2. The Balaban J connectivity index is 0.00000280. The Morgan fingerprint density at radius 3 is 2.32 bits per heavy atom. The second-order valence-corrected chi connectivity index (χ2v) is 7.39. The predicted molar refractivity (Wildman–Crippen MR) is 117 cm³/mol.